The van der Waals surface area contributed by atoms with Crippen LogP contribution in [0.4, 0.5) is 33.1 Å². The second-order valence-electron chi connectivity index (χ2n) is 11.2. The molecule has 3 heterocycles. The molecule has 47 heavy (non-hydrogen) atoms. The molecule has 11 nitrogen and oxygen atoms in total. The average molecular weight is 638 g/mol. The summed E-state index contributed by atoms with van der Waals surface area (Å²) in [7, 11) is 1.58. The number of hydrogen-bond acceptors (Lipinski definition) is 9. The van der Waals surface area contributed by atoms with Crippen LogP contribution in [0.3, 0.4) is 0 Å². The first-order valence-corrected chi connectivity index (χ1v) is 15.4. The van der Waals surface area contributed by atoms with Gasteiger partial charge in [0, 0.05) is 51.7 Å². The summed E-state index contributed by atoms with van der Waals surface area (Å²) in [5.41, 5.74) is 4.63. The molecular weight excluding hydrogens is 601 g/mol. The Bertz CT molecular complexity index is 1790. The fraction of sp³-hybridized carbons (Fsp3) is 0.257. The molecule has 12 heteroatoms. The molecule has 2 saturated heterocycles. The van der Waals surface area contributed by atoms with Gasteiger partial charge in [0.05, 0.1) is 36.8 Å². The standard InChI is InChI=1S/C35H36FN7O4/c1-4-35(45)40-28-19-29(32(46-3)20-31(28)42-14-12-41(13-15-42)23(2)44)39-33-21-34(38-22-37-33)43-30(11-16-47-43)26-9-5-7-24(17-26)25-8-6-10-27(36)18-25/h4-10,17-22,30H,1,11-16H2,2-3H3,(H,40,45)(H,37,38,39). The Morgan fingerprint density at radius 2 is 1.77 bits per heavy atom. The number of hydrogen-bond donors (Lipinski definition) is 2. The van der Waals surface area contributed by atoms with Crippen molar-refractivity contribution in [2.75, 3.05) is 60.5 Å². The second kappa shape index (κ2) is 13.9. The normalized spacial score (nSPS) is 16.1. The van der Waals surface area contributed by atoms with E-state index in [0.29, 0.717) is 61.5 Å². The van der Waals surface area contributed by atoms with Crippen molar-refractivity contribution in [1.29, 1.82) is 0 Å². The number of hydroxylamine groups is 1. The summed E-state index contributed by atoms with van der Waals surface area (Å²) in [5.74, 6) is 0.978. The minimum atomic E-state index is -0.354. The molecule has 0 aliphatic carbocycles. The maximum atomic E-state index is 13.9. The van der Waals surface area contributed by atoms with Gasteiger partial charge in [0.1, 0.15) is 23.7 Å². The van der Waals surface area contributed by atoms with Crippen LogP contribution in [0.1, 0.15) is 24.9 Å². The number of amides is 2. The molecule has 1 unspecified atom stereocenters. The zero-order valence-electron chi connectivity index (χ0n) is 26.3. The summed E-state index contributed by atoms with van der Waals surface area (Å²) in [4.78, 5) is 43.2. The first-order valence-electron chi connectivity index (χ1n) is 15.4. The van der Waals surface area contributed by atoms with E-state index in [9.17, 15) is 14.0 Å². The molecule has 0 bridgehead atoms. The van der Waals surface area contributed by atoms with Crippen molar-refractivity contribution in [3.05, 3.63) is 97.1 Å². The number of carbonyl (C=O) groups excluding carboxylic acids is 2. The van der Waals surface area contributed by atoms with E-state index in [1.807, 2.05) is 36.4 Å². The fourth-order valence-corrected chi connectivity index (χ4v) is 5.91. The lowest BCUT2D eigenvalue weighted by Gasteiger charge is -2.36. The van der Waals surface area contributed by atoms with Crippen LogP contribution in [-0.2, 0) is 14.4 Å². The predicted molar refractivity (Wildman–Crippen MR) is 179 cm³/mol. The van der Waals surface area contributed by atoms with Crippen molar-refractivity contribution >= 4 is 40.5 Å². The Morgan fingerprint density at radius 1 is 1.00 bits per heavy atom. The zero-order chi connectivity index (χ0) is 32.9. The van der Waals surface area contributed by atoms with Crippen LogP contribution in [0.15, 0.2) is 85.7 Å². The van der Waals surface area contributed by atoms with E-state index >= 15 is 0 Å². The smallest absolute Gasteiger partial charge is 0.247 e. The topological polar surface area (TPSA) is 112 Å². The molecule has 4 aromatic rings. The quantitative estimate of drug-likeness (QED) is 0.223. The van der Waals surface area contributed by atoms with E-state index in [0.717, 1.165) is 28.8 Å². The zero-order valence-corrected chi connectivity index (χ0v) is 26.3. The van der Waals surface area contributed by atoms with E-state index < -0.39 is 0 Å². The largest absolute Gasteiger partial charge is 0.494 e. The van der Waals surface area contributed by atoms with Gasteiger partial charge in [-0.2, -0.15) is 0 Å². The number of anilines is 5. The minimum Gasteiger partial charge on any atom is -0.494 e. The summed E-state index contributed by atoms with van der Waals surface area (Å²) >= 11 is 0. The SMILES string of the molecule is C=CC(=O)Nc1cc(Nc2cc(N3OCCC3c3cccc(-c4cccc(F)c4)c3)ncn2)c(OC)cc1N1CCN(C(C)=O)CC1. The summed E-state index contributed by atoms with van der Waals surface area (Å²) < 4.78 is 19.7. The molecular formula is C35H36FN7O4. The molecule has 2 aliphatic heterocycles. The lowest BCUT2D eigenvalue weighted by molar-refractivity contribution is -0.129. The van der Waals surface area contributed by atoms with Gasteiger partial charge in [-0.3, -0.25) is 14.4 Å². The molecule has 2 amide bonds. The van der Waals surface area contributed by atoms with Crippen molar-refractivity contribution in [3.63, 3.8) is 0 Å². The highest BCUT2D eigenvalue weighted by molar-refractivity contribution is 6.02. The van der Waals surface area contributed by atoms with E-state index in [4.69, 9.17) is 9.57 Å². The van der Waals surface area contributed by atoms with Crippen LogP contribution in [0.25, 0.3) is 11.1 Å². The van der Waals surface area contributed by atoms with Gasteiger partial charge in [-0.25, -0.2) is 19.4 Å². The summed E-state index contributed by atoms with van der Waals surface area (Å²) in [5, 5.41) is 8.00. The van der Waals surface area contributed by atoms with E-state index in [2.05, 4.69) is 32.1 Å². The number of rotatable bonds is 9. The third kappa shape index (κ3) is 7.02. The Balaban J connectivity index is 1.26. The van der Waals surface area contributed by atoms with Crippen LogP contribution in [-0.4, -0.2) is 66.6 Å². The number of ether oxygens (including phenoxy) is 1. The molecule has 2 N–H and O–H groups in total. The van der Waals surface area contributed by atoms with E-state index in [1.54, 1.807) is 42.2 Å². The van der Waals surface area contributed by atoms with Crippen LogP contribution < -0.4 is 25.3 Å². The van der Waals surface area contributed by atoms with Gasteiger partial charge in [0.25, 0.3) is 0 Å². The molecule has 1 aromatic heterocycles. The third-order valence-electron chi connectivity index (χ3n) is 8.30. The molecule has 3 aromatic carbocycles. The van der Waals surface area contributed by atoms with Gasteiger partial charge >= 0.3 is 0 Å². The predicted octanol–water partition coefficient (Wildman–Crippen LogP) is 5.71. The average Bonchev–Trinajstić information content (AvgIpc) is 3.59. The lowest BCUT2D eigenvalue weighted by atomic mass is 9.98. The molecule has 6 rings (SSSR count). The number of carbonyl (C=O) groups is 2. The van der Waals surface area contributed by atoms with Gasteiger partial charge in [0.15, 0.2) is 5.82 Å². The molecule has 0 radical (unpaired) electrons. The van der Waals surface area contributed by atoms with Crippen LogP contribution in [0, 0.1) is 5.82 Å². The second-order valence-corrected chi connectivity index (χ2v) is 11.2. The Labute approximate surface area is 272 Å². The van der Waals surface area contributed by atoms with Crippen molar-refractivity contribution in [2.45, 2.75) is 19.4 Å². The highest BCUT2D eigenvalue weighted by Gasteiger charge is 2.30. The monoisotopic (exact) mass is 637 g/mol. The first kappa shape index (κ1) is 31.5. The number of benzene rings is 3. The number of methoxy groups -OCH3 is 1. The van der Waals surface area contributed by atoms with E-state index in [-0.39, 0.29) is 23.7 Å². The van der Waals surface area contributed by atoms with Gasteiger partial charge in [0.2, 0.25) is 11.8 Å². The fourth-order valence-electron chi connectivity index (χ4n) is 5.91. The Morgan fingerprint density at radius 3 is 2.49 bits per heavy atom. The van der Waals surface area contributed by atoms with Gasteiger partial charge in [-0.15, -0.1) is 0 Å². The third-order valence-corrected chi connectivity index (χ3v) is 8.30. The highest BCUT2D eigenvalue weighted by atomic mass is 19.1. The summed E-state index contributed by atoms with van der Waals surface area (Å²) in [6, 6.07) is 19.9. The van der Waals surface area contributed by atoms with Gasteiger partial charge < -0.3 is 25.2 Å². The maximum absolute atomic E-state index is 13.9. The summed E-state index contributed by atoms with van der Waals surface area (Å²) in [6.07, 6.45) is 3.41. The first-order chi connectivity index (χ1) is 22.8. The number of piperazine rings is 1. The Hall–Kier alpha value is -5.49. The van der Waals surface area contributed by atoms with Gasteiger partial charge in [-0.1, -0.05) is 36.9 Å². The summed E-state index contributed by atoms with van der Waals surface area (Å²) in [6.45, 7) is 8.01. The lowest BCUT2D eigenvalue weighted by Crippen LogP contribution is -2.48. The van der Waals surface area contributed by atoms with E-state index in [1.165, 1.54) is 24.5 Å². The van der Waals surface area contributed by atoms with Crippen molar-refractivity contribution in [1.82, 2.24) is 14.9 Å². The molecule has 0 spiro atoms. The molecule has 242 valence electrons. The van der Waals surface area contributed by atoms with Crippen molar-refractivity contribution in [2.24, 2.45) is 0 Å². The molecule has 1 atom stereocenters. The molecule has 2 aliphatic rings. The number of nitrogens with one attached hydrogen (secondary N) is 2. The van der Waals surface area contributed by atoms with Crippen LogP contribution in [0.2, 0.25) is 0 Å². The van der Waals surface area contributed by atoms with Crippen LogP contribution in [0.5, 0.6) is 5.75 Å². The van der Waals surface area contributed by atoms with Crippen molar-refractivity contribution in [3.8, 4) is 16.9 Å². The molecule has 2 fully saturated rings. The molecule has 0 saturated carbocycles. The van der Waals surface area contributed by atoms with Crippen LogP contribution >= 0.6 is 0 Å². The number of nitrogens with zero attached hydrogens (tertiary/aromatic N) is 5. The van der Waals surface area contributed by atoms with Gasteiger partial charge in [-0.05, 0) is 47.0 Å². The highest BCUT2D eigenvalue weighted by Crippen LogP contribution is 2.40. The Kier molecular flexibility index (Phi) is 9.30. The number of aromatic nitrogens is 2. The minimum absolute atomic E-state index is 0.0363. The maximum Gasteiger partial charge on any atom is 0.247 e. The number of halogens is 1. The van der Waals surface area contributed by atoms with Crippen molar-refractivity contribution < 1.29 is 23.6 Å².